The molecule has 0 aromatic heterocycles. The van der Waals surface area contributed by atoms with Gasteiger partial charge in [-0.1, -0.05) is 13.2 Å². The minimum atomic E-state index is -7.13. The van der Waals surface area contributed by atoms with Crippen molar-refractivity contribution in [1.29, 1.82) is 0 Å². The van der Waals surface area contributed by atoms with E-state index in [0.717, 1.165) is 0 Å². The van der Waals surface area contributed by atoms with Crippen LogP contribution in [-0.4, -0.2) is 48.4 Å². The molecule has 0 aliphatic rings. The number of hydrogen-bond acceptors (Lipinski definition) is 1. The summed E-state index contributed by atoms with van der Waals surface area (Å²) in [5.41, 5.74) is 0. The molecule has 0 fully saturated rings. The molecule has 0 saturated carbocycles. The van der Waals surface area contributed by atoms with Crippen LogP contribution in [0.15, 0.2) is 24.7 Å². The molecule has 0 spiro atoms. The molecule has 0 aromatic carbocycles. The van der Waals surface area contributed by atoms with Crippen LogP contribution in [0.5, 0.6) is 0 Å². The molecule has 0 aliphatic heterocycles. The topological polar surface area (TPSA) is 9.23 Å². The van der Waals surface area contributed by atoms with E-state index < -0.39 is 59.9 Å². The maximum Gasteiger partial charge on any atom is 0.385 e. The lowest BCUT2D eigenvalue weighted by Gasteiger charge is -2.35. The van der Waals surface area contributed by atoms with Crippen LogP contribution in [0.1, 0.15) is 0 Å². The van der Waals surface area contributed by atoms with Crippen molar-refractivity contribution in [2.75, 3.05) is 0 Å². The van der Waals surface area contributed by atoms with E-state index in [0.29, 0.717) is 0 Å². The highest BCUT2D eigenvalue weighted by molar-refractivity contribution is 5.19. The van der Waals surface area contributed by atoms with Crippen molar-refractivity contribution in [3.05, 3.63) is 24.7 Å². The molecule has 0 radical (unpaired) electrons. The van der Waals surface area contributed by atoms with Crippen LogP contribution in [0.25, 0.3) is 0 Å². The monoisotopic (exact) mass is 470 g/mol. The molecule has 0 unspecified atom stereocenters. The molecule has 0 bridgehead atoms. The van der Waals surface area contributed by atoms with Gasteiger partial charge in [0.1, 0.15) is 0 Å². The van der Waals surface area contributed by atoms with E-state index in [4.69, 9.17) is 0 Å². The van der Waals surface area contributed by atoms with Crippen molar-refractivity contribution >= 4 is 0 Å². The Labute approximate surface area is 149 Å². The molecule has 172 valence electrons. The van der Waals surface area contributed by atoms with Gasteiger partial charge in [-0.3, -0.25) is 0 Å². The van der Waals surface area contributed by atoms with E-state index >= 15 is 0 Å². The Bertz CT molecular complexity index is 580. The highest BCUT2D eigenvalue weighted by Gasteiger charge is 2.79. The lowest BCUT2D eigenvalue weighted by molar-refractivity contribution is -0.341. The predicted molar refractivity (Wildman–Crippen MR) is 61.1 cm³/mol. The van der Waals surface area contributed by atoms with Crippen molar-refractivity contribution in [3.8, 4) is 0 Å². The summed E-state index contributed by atoms with van der Waals surface area (Å²) in [6.45, 7) is 3.39. The van der Waals surface area contributed by atoms with Gasteiger partial charge in [0.05, 0.1) is 0 Å². The summed E-state index contributed by atoms with van der Waals surface area (Å²) < 4.78 is 207. The number of rotatable bonds is 10. The van der Waals surface area contributed by atoms with Crippen LogP contribution in [-0.2, 0) is 4.74 Å². The molecule has 0 aromatic rings. The second-order valence-electron chi connectivity index (χ2n) is 5.09. The molecule has 0 N–H and O–H groups in total. The Balaban J connectivity index is 5.94. The van der Waals surface area contributed by atoms with Gasteiger partial charge >= 0.3 is 48.4 Å². The molecule has 0 saturated heterocycles. The Morgan fingerprint density at radius 2 is 0.724 bits per heavy atom. The molecule has 0 atom stereocenters. The van der Waals surface area contributed by atoms with Gasteiger partial charge in [0.15, 0.2) is 11.5 Å². The van der Waals surface area contributed by atoms with Gasteiger partial charge in [-0.15, -0.1) is 0 Å². The van der Waals surface area contributed by atoms with Crippen molar-refractivity contribution in [2.24, 2.45) is 0 Å². The first-order valence-corrected chi connectivity index (χ1v) is 6.33. The SMILES string of the molecule is C=C(OC(=C)C(F)(F)C(F)(F)C(F)(F)C(F)F)C(F)(F)C(F)(F)C(F)(F)C(F)F. The van der Waals surface area contributed by atoms with Crippen molar-refractivity contribution in [2.45, 2.75) is 48.4 Å². The van der Waals surface area contributed by atoms with Gasteiger partial charge in [0.2, 0.25) is 0 Å². The van der Waals surface area contributed by atoms with Crippen LogP contribution in [0.2, 0.25) is 0 Å². The first-order chi connectivity index (χ1) is 12.4. The largest absolute Gasteiger partial charge is 0.454 e. The summed E-state index contributed by atoms with van der Waals surface area (Å²) in [7, 11) is 0. The second kappa shape index (κ2) is 7.45. The van der Waals surface area contributed by atoms with E-state index in [-0.39, 0.29) is 0 Å². The molecular weight excluding hydrogens is 464 g/mol. The molecule has 0 aliphatic carbocycles. The van der Waals surface area contributed by atoms with E-state index in [1.54, 1.807) is 13.2 Å². The Kier molecular flexibility index (Phi) is 6.97. The zero-order chi connectivity index (χ0) is 24.0. The fraction of sp³-hybridized carbons (Fsp3) is 0.667. The van der Waals surface area contributed by atoms with Gasteiger partial charge in [0.25, 0.3) is 0 Å². The van der Waals surface area contributed by atoms with Crippen LogP contribution >= 0.6 is 0 Å². The maximum absolute atomic E-state index is 13.3. The lowest BCUT2D eigenvalue weighted by atomic mass is 10.0. The van der Waals surface area contributed by atoms with E-state index in [2.05, 4.69) is 4.74 Å². The number of halogens is 16. The summed E-state index contributed by atoms with van der Waals surface area (Å²) in [5.74, 6) is -48.0. The van der Waals surface area contributed by atoms with E-state index in [1.807, 2.05) is 0 Å². The zero-order valence-electron chi connectivity index (χ0n) is 13.0. The fourth-order valence-electron chi connectivity index (χ4n) is 1.32. The highest BCUT2D eigenvalue weighted by Crippen LogP contribution is 2.54. The third-order valence-corrected chi connectivity index (χ3v) is 3.12. The average Bonchev–Trinajstić information content (AvgIpc) is 2.53. The molecule has 17 heteroatoms. The summed E-state index contributed by atoms with van der Waals surface area (Å²) in [6.07, 6.45) is -10.9. The number of ether oxygens (including phenoxy) is 1. The van der Waals surface area contributed by atoms with E-state index in [9.17, 15) is 70.2 Å². The van der Waals surface area contributed by atoms with Gasteiger partial charge in [-0.2, -0.15) is 52.7 Å². The summed E-state index contributed by atoms with van der Waals surface area (Å²) in [6, 6.07) is 0. The van der Waals surface area contributed by atoms with Gasteiger partial charge < -0.3 is 4.74 Å². The second-order valence-corrected chi connectivity index (χ2v) is 5.09. The fourth-order valence-corrected chi connectivity index (χ4v) is 1.32. The van der Waals surface area contributed by atoms with Crippen LogP contribution in [0.4, 0.5) is 70.2 Å². The molecule has 0 heterocycles. The molecule has 29 heavy (non-hydrogen) atoms. The molecular formula is C12H6F16O. The smallest absolute Gasteiger partial charge is 0.385 e. The van der Waals surface area contributed by atoms with Crippen molar-refractivity contribution in [1.82, 2.24) is 0 Å². The number of allylic oxidation sites excluding steroid dienone is 2. The Morgan fingerprint density at radius 3 is 0.897 bits per heavy atom. The summed E-state index contributed by atoms with van der Waals surface area (Å²) in [5, 5.41) is 0. The minimum Gasteiger partial charge on any atom is -0.454 e. The van der Waals surface area contributed by atoms with Crippen molar-refractivity contribution < 1.29 is 75.0 Å². The summed E-state index contributed by atoms with van der Waals surface area (Å²) >= 11 is 0. The average molecular weight is 470 g/mol. The van der Waals surface area contributed by atoms with Gasteiger partial charge in [-0.25, -0.2) is 17.6 Å². The van der Waals surface area contributed by atoms with Gasteiger partial charge in [0, 0.05) is 0 Å². The third kappa shape index (κ3) is 3.95. The molecule has 0 amide bonds. The molecule has 1 nitrogen and oxygen atoms in total. The zero-order valence-corrected chi connectivity index (χ0v) is 13.0. The van der Waals surface area contributed by atoms with Crippen LogP contribution < -0.4 is 0 Å². The number of hydrogen-bond donors (Lipinski definition) is 0. The highest BCUT2D eigenvalue weighted by atomic mass is 19.4. The standard InChI is InChI=1S/C12H6F16O/c1-3(7(17,18)11(25,26)9(21,22)5(13)14)29-4(2)8(19,20)12(27,28)10(23,24)6(15)16/h5-6H,1-2H2. The first-order valence-electron chi connectivity index (χ1n) is 6.33. The summed E-state index contributed by atoms with van der Waals surface area (Å²) in [4.78, 5) is 0. The first kappa shape index (κ1) is 27.2. The quantitative estimate of drug-likeness (QED) is 0.266. The minimum absolute atomic E-state index is 1.69. The van der Waals surface area contributed by atoms with Crippen molar-refractivity contribution in [3.63, 3.8) is 0 Å². The van der Waals surface area contributed by atoms with Crippen LogP contribution in [0, 0.1) is 0 Å². The third-order valence-electron chi connectivity index (χ3n) is 3.12. The Morgan fingerprint density at radius 1 is 0.517 bits per heavy atom. The lowest BCUT2D eigenvalue weighted by Crippen LogP contribution is -2.59. The maximum atomic E-state index is 13.3. The normalized spacial score (nSPS) is 15.1. The van der Waals surface area contributed by atoms with E-state index in [1.165, 1.54) is 0 Å². The predicted octanol–water partition coefficient (Wildman–Crippen LogP) is 6.37. The Hall–Kier alpha value is -1.84. The van der Waals surface area contributed by atoms with Gasteiger partial charge in [-0.05, 0) is 0 Å². The van der Waals surface area contributed by atoms with Crippen LogP contribution in [0.3, 0.4) is 0 Å². The molecule has 0 rings (SSSR count). The number of alkyl halides is 16.